The largest absolute Gasteiger partial charge is 0.369 e. The molecular formula is C8H10FNO2S2. The Morgan fingerprint density at radius 3 is 2.64 bits per heavy atom. The maximum absolute atomic E-state index is 13.0. The van der Waals surface area contributed by atoms with Gasteiger partial charge in [0.2, 0.25) is 0 Å². The summed E-state index contributed by atoms with van der Waals surface area (Å²) in [6.45, 7) is 0. The summed E-state index contributed by atoms with van der Waals surface area (Å²) in [6, 6.07) is 0. The van der Waals surface area contributed by atoms with Gasteiger partial charge >= 0.3 is 0 Å². The molecule has 0 aromatic carbocycles. The predicted molar refractivity (Wildman–Crippen MR) is 55.3 cm³/mol. The van der Waals surface area contributed by atoms with Crippen LogP contribution in [0.25, 0.3) is 0 Å². The molecule has 14 heavy (non-hydrogen) atoms. The molecule has 4 atom stereocenters. The van der Waals surface area contributed by atoms with Crippen LogP contribution in [0.15, 0.2) is 24.4 Å². The van der Waals surface area contributed by atoms with Crippen LogP contribution in [-0.2, 0) is 20.0 Å². The van der Waals surface area contributed by atoms with E-state index in [4.69, 9.17) is 0 Å². The highest BCUT2D eigenvalue weighted by molar-refractivity contribution is 8.30. The average Bonchev–Trinajstić information content (AvgIpc) is 2.82. The van der Waals surface area contributed by atoms with Crippen molar-refractivity contribution in [1.29, 1.82) is 0 Å². The third-order valence-electron chi connectivity index (χ3n) is 2.55. The van der Waals surface area contributed by atoms with Gasteiger partial charge < -0.3 is 9.87 Å². The van der Waals surface area contributed by atoms with E-state index >= 15 is 0 Å². The lowest BCUT2D eigenvalue weighted by molar-refractivity contribution is 0.388. The number of rotatable bonds is 2. The maximum atomic E-state index is 13.0. The first-order chi connectivity index (χ1) is 6.47. The zero-order chi connectivity index (χ0) is 10.4. The molecule has 0 bridgehead atoms. The number of dihydropyridines is 1. The molecule has 78 valence electrons. The minimum atomic E-state index is -3.51. The Bertz CT molecular complexity index is 404. The first-order valence-corrected chi connectivity index (χ1v) is 6.64. The molecule has 1 fully saturated rings. The minimum absolute atomic E-state index is 0.291. The first-order valence-electron chi connectivity index (χ1n) is 4.20. The van der Waals surface area contributed by atoms with E-state index in [0.29, 0.717) is 6.42 Å². The highest BCUT2D eigenvalue weighted by Gasteiger charge is 2.57. The highest BCUT2D eigenvalue weighted by Crippen LogP contribution is 2.46. The van der Waals surface area contributed by atoms with Crippen LogP contribution in [0.2, 0.25) is 0 Å². The van der Waals surface area contributed by atoms with Gasteiger partial charge in [0, 0.05) is 17.1 Å². The summed E-state index contributed by atoms with van der Waals surface area (Å²) in [4.78, 5) is -1.30. The Balaban J connectivity index is 2.40. The Hall–Kier alpha value is -0.460. The van der Waals surface area contributed by atoms with Gasteiger partial charge in [0.05, 0.1) is 0 Å². The lowest BCUT2D eigenvalue weighted by Crippen LogP contribution is -2.50. The summed E-state index contributed by atoms with van der Waals surface area (Å²) in [5, 5.41) is 2.73. The van der Waals surface area contributed by atoms with Gasteiger partial charge in [0.15, 0.2) is 13.6 Å². The molecule has 1 saturated carbocycles. The SMILES string of the molecule is O=S(O)(=S)C1([C@@H]2C[C@H]2F)C=CC=CN1. The highest BCUT2D eigenvalue weighted by atomic mass is 32.8. The van der Waals surface area contributed by atoms with Gasteiger partial charge in [-0.25, -0.2) is 8.60 Å². The number of halogens is 1. The van der Waals surface area contributed by atoms with Gasteiger partial charge in [-0.3, -0.25) is 0 Å². The van der Waals surface area contributed by atoms with Crippen molar-refractivity contribution in [2.75, 3.05) is 0 Å². The molecule has 0 amide bonds. The lowest BCUT2D eigenvalue weighted by atomic mass is 10.1. The van der Waals surface area contributed by atoms with E-state index in [1.807, 2.05) is 0 Å². The van der Waals surface area contributed by atoms with Crippen LogP contribution < -0.4 is 5.32 Å². The van der Waals surface area contributed by atoms with Crippen molar-refractivity contribution in [3.05, 3.63) is 24.4 Å². The van der Waals surface area contributed by atoms with Crippen molar-refractivity contribution in [1.82, 2.24) is 5.32 Å². The van der Waals surface area contributed by atoms with Crippen LogP contribution in [-0.4, -0.2) is 19.8 Å². The average molecular weight is 235 g/mol. The van der Waals surface area contributed by atoms with E-state index < -0.39 is 25.7 Å². The van der Waals surface area contributed by atoms with E-state index in [9.17, 15) is 13.2 Å². The van der Waals surface area contributed by atoms with Crippen LogP contribution in [0.3, 0.4) is 0 Å². The molecule has 1 aliphatic heterocycles. The van der Waals surface area contributed by atoms with Crippen molar-refractivity contribution in [3.63, 3.8) is 0 Å². The van der Waals surface area contributed by atoms with Crippen LogP contribution in [0.1, 0.15) is 6.42 Å². The van der Waals surface area contributed by atoms with Gasteiger partial charge in [-0.15, -0.1) is 0 Å². The Labute approximate surface area is 86.6 Å². The Morgan fingerprint density at radius 1 is 1.64 bits per heavy atom. The van der Waals surface area contributed by atoms with Crippen LogP contribution in [0, 0.1) is 5.92 Å². The quantitative estimate of drug-likeness (QED) is 0.747. The number of hydrogen-bond donors (Lipinski definition) is 2. The van der Waals surface area contributed by atoms with Gasteiger partial charge in [0.1, 0.15) is 6.17 Å². The predicted octanol–water partition coefficient (Wildman–Crippen LogP) is 0.933. The third-order valence-corrected chi connectivity index (χ3v) is 4.79. The number of hydrogen-bond acceptors (Lipinski definition) is 3. The fourth-order valence-corrected chi connectivity index (χ4v) is 3.45. The standard InChI is InChI=1S/C8H10FNO2S2/c9-7-5-6(7)8(14(11,12)13)3-1-2-4-10-8/h1-4,6-7,10H,5H2,(H,11,12,13)/t6-,7-,8?/m1/s1. The molecular weight excluding hydrogens is 225 g/mol. The molecule has 0 aromatic heterocycles. The zero-order valence-electron chi connectivity index (χ0n) is 7.22. The summed E-state index contributed by atoms with van der Waals surface area (Å²) in [5.74, 6) is -0.487. The topological polar surface area (TPSA) is 49.3 Å². The van der Waals surface area contributed by atoms with Gasteiger partial charge in [-0.05, 0) is 24.8 Å². The molecule has 0 spiro atoms. The molecule has 0 saturated heterocycles. The molecule has 2 N–H and O–H groups in total. The van der Waals surface area contributed by atoms with Crippen molar-refractivity contribution in [2.45, 2.75) is 17.5 Å². The molecule has 6 heteroatoms. The zero-order valence-corrected chi connectivity index (χ0v) is 8.85. The Morgan fingerprint density at radius 2 is 2.29 bits per heavy atom. The Kier molecular flexibility index (Phi) is 2.17. The number of allylic oxidation sites excluding steroid dienone is 2. The fourth-order valence-electron chi connectivity index (χ4n) is 1.67. The van der Waals surface area contributed by atoms with Crippen molar-refractivity contribution in [2.24, 2.45) is 5.92 Å². The van der Waals surface area contributed by atoms with Crippen LogP contribution >= 0.6 is 0 Å². The summed E-state index contributed by atoms with van der Waals surface area (Å²) < 4.78 is 34.0. The van der Waals surface area contributed by atoms with Crippen molar-refractivity contribution >= 4 is 20.0 Å². The van der Waals surface area contributed by atoms with E-state index in [-0.39, 0.29) is 0 Å². The molecule has 1 heterocycles. The number of nitrogens with one attached hydrogen (secondary N) is 1. The molecule has 0 aromatic rings. The second kappa shape index (κ2) is 3.01. The second-order valence-corrected chi connectivity index (χ2v) is 6.47. The summed E-state index contributed by atoms with van der Waals surface area (Å²) in [7, 11) is -3.51. The second-order valence-electron chi connectivity index (χ2n) is 3.49. The van der Waals surface area contributed by atoms with E-state index in [2.05, 4.69) is 16.5 Å². The van der Waals surface area contributed by atoms with Gasteiger partial charge in [0.25, 0.3) is 0 Å². The number of alkyl halides is 1. The monoisotopic (exact) mass is 235 g/mol. The van der Waals surface area contributed by atoms with Gasteiger partial charge in [-0.1, -0.05) is 6.08 Å². The molecule has 0 radical (unpaired) electrons. The normalized spacial score (nSPS) is 44.1. The summed E-state index contributed by atoms with van der Waals surface area (Å²) in [6.07, 6.45) is 5.56. The van der Waals surface area contributed by atoms with E-state index in [1.54, 1.807) is 12.2 Å². The van der Waals surface area contributed by atoms with Crippen molar-refractivity contribution in [3.8, 4) is 0 Å². The smallest absolute Gasteiger partial charge is 0.170 e. The van der Waals surface area contributed by atoms with Crippen LogP contribution in [0.5, 0.6) is 0 Å². The fraction of sp³-hybridized carbons (Fsp3) is 0.500. The first kappa shape index (κ1) is 10.1. The molecule has 2 unspecified atom stereocenters. The van der Waals surface area contributed by atoms with Crippen LogP contribution in [0.4, 0.5) is 4.39 Å². The summed E-state index contributed by atoms with van der Waals surface area (Å²) >= 11 is 4.56. The molecule has 1 aliphatic carbocycles. The van der Waals surface area contributed by atoms with E-state index in [1.165, 1.54) is 12.3 Å². The molecule has 2 rings (SSSR count). The molecule has 2 aliphatic rings. The van der Waals surface area contributed by atoms with Crippen molar-refractivity contribution < 1.29 is 13.2 Å². The third kappa shape index (κ3) is 1.37. The summed E-state index contributed by atoms with van der Waals surface area (Å²) in [5.41, 5.74) is 0. The minimum Gasteiger partial charge on any atom is -0.369 e. The maximum Gasteiger partial charge on any atom is 0.170 e. The van der Waals surface area contributed by atoms with Gasteiger partial charge in [-0.2, -0.15) is 0 Å². The lowest BCUT2D eigenvalue weighted by Gasteiger charge is -2.31. The molecule has 3 nitrogen and oxygen atoms in total. The van der Waals surface area contributed by atoms with E-state index in [0.717, 1.165) is 0 Å².